The van der Waals surface area contributed by atoms with Crippen LogP contribution in [0.1, 0.15) is 6.42 Å². The molecule has 1 atom stereocenters. The van der Waals surface area contributed by atoms with Crippen LogP contribution < -0.4 is 0 Å². The van der Waals surface area contributed by atoms with Crippen molar-refractivity contribution in [1.29, 1.82) is 0 Å². The van der Waals surface area contributed by atoms with Crippen LogP contribution in [0.25, 0.3) is 0 Å². The Hall–Kier alpha value is -2.00. The number of sulfone groups is 1. The van der Waals surface area contributed by atoms with E-state index in [2.05, 4.69) is 15.5 Å². The molecule has 1 aliphatic heterocycles. The van der Waals surface area contributed by atoms with Gasteiger partial charge < -0.3 is 4.90 Å². The standard InChI is InChI=1S/C13H14ClN5O3S/c14-10-1-3-11(4-2-10)23(21,22)12-5-6-18(7-12)13(20)8-19-9-15-16-17-19/h1-4,9,12H,5-8H2. The zero-order valence-electron chi connectivity index (χ0n) is 12.0. The topological polar surface area (TPSA) is 98.1 Å². The molecule has 2 heterocycles. The minimum Gasteiger partial charge on any atom is -0.340 e. The zero-order chi connectivity index (χ0) is 16.4. The van der Waals surface area contributed by atoms with Crippen molar-refractivity contribution in [2.75, 3.05) is 13.1 Å². The monoisotopic (exact) mass is 355 g/mol. The maximum absolute atomic E-state index is 12.6. The molecular formula is C13H14ClN5O3S. The van der Waals surface area contributed by atoms with Crippen molar-refractivity contribution >= 4 is 27.3 Å². The Bertz CT molecular complexity index is 792. The number of nitrogens with zero attached hydrogens (tertiary/aromatic N) is 5. The first-order chi connectivity index (χ1) is 11.0. The van der Waals surface area contributed by atoms with Gasteiger partial charge in [-0.05, 0) is 41.1 Å². The van der Waals surface area contributed by atoms with Gasteiger partial charge in [0.15, 0.2) is 9.84 Å². The average molecular weight is 356 g/mol. The first kappa shape index (κ1) is 15.9. The largest absolute Gasteiger partial charge is 0.340 e. The summed E-state index contributed by atoms with van der Waals surface area (Å²) in [5, 5.41) is 10.4. The number of tetrazole rings is 1. The summed E-state index contributed by atoms with van der Waals surface area (Å²) in [6.07, 6.45) is 1.75. The molecule has 1 fully saturated rings. The van der Waals surface area contributed by atoms with Crippen molar-refractivity contribution in [3.63, 3.8) is 0 Å². The second kappa shape index (κ2) is 6.25. The van der Waals surface area contributed by atoms with Crippen molar-refractivity contribution in [3.05, 3.63) is 35.6 Å². The highest BCUT2D eigenvalue weighted by Gasteiger charge is 2.36. The summed E-state index contributed by atoms with van der Waals surface area (Å²) < 4.78 is 26.5. The van der Waals surface area contributed by atoms with Gasteiger partial charge in [-0.3, -0.25) is 4.79 Å². The van der Waals surface area contributed by atoms with E-state index in [0.717, 1.165) is 0 Å². The van der Waals surface area contributed by atoms with E-state index in [1.807, 2.05) is 0 Å². The van der Waals surface area contributed by atoms with E-state index >= 15 is 0 Å². The molecule has 1 saturated heterocycles. The van der Waals surface area contributed by atoms with E-state index in [1.165, 1.54) is 28.0 Å². The predicted octanol–water partition coefficient (Wildman–Crippen LogP) is 0.401. The SMILES string of the molecule is O=C(Cn1cnnn1)N1CCC(S(=O)(=O)c2ccc(Cl)cc2)C1. The Morgan fingerprint density at radius 1 is 1.30 bits per heavy atom. The van der Waals surface area contributed by atoms with Crippen LogP contribution in [-0.2, 0) is 21.2 Å². The predicted molar refractivity (Wildman–Crippen MR) is 81.4 cm³/mol. The van der Waals surface area contributed by atoms with Gasteiger partial charge in [0.25, 0.3) is 0 Å². The number of hydrogen-bond donors (Lipinski definition) is 0. The summed E-state index contributed by atoms with van der Waals surface area (Å²) >= 11 is 5.79. The third-order valence-electron chi connectivity index (χ3n) is 3.77. The molecule has 122 valence electrons. The van der Waals surface area contributed by atoms with Crippen LogP contribution in [0.5, 0.6) is 0 Å². The summed E-state index contributed by atoms with van der Waals surface area (Å²) in [6.45, 7) is 0.574. The molecule has 8 nitrogen and oxygen atoms in total. The highest BCUT2D eigenvalue weighted by molar-refractivity contribution is 7.92. The number of aromatic nitrogens is 4. The van der Waals surface area contributed by atoms with E-state index in [1.54, 1.807) is 12.1 Å². The highest BCUT2D eigenvalue weighted by atomic mass is 35.5. The maximum Gasteiger partial charge on any atom is 0.244 e. The molecule has 0 saturated carbocycles. The van der Waals surface area contributed by atoms with E-state index in [4.69, 9.17) is 11.6 Å². The molecule has 0 aliphatic carbocycles. The third-order valence-corrected chi connectivity index (χ3v) is 6.21. The van der Waals surface area contributed by atoms with Crippen LogP contribution in [-0.4, -0.2) is 57.8 Å². The van der Waals surface area contributed by atoms with Crippen molar-refractivity contribution in [1.82, 2.24) is 25.1 Å². The Kier molecular flexibility index (Phi) is 4.31. The van der Waals surface area contributed by atoms with Gasteiger partial charge in [0, 0.05) is 18.1 Å². The molecule has 0 spiro atoms. The highest BCUT2D eigenvalue weighted by Crippen LogP contribution is 2.25. The number of rotatable bonds is 4. The first-order valence-corrected chi connectivity index (χ1v) is 8.87. The number of carbonyl (C=O) groups is 1. The van der Waals surface area contributed by atoms with Crippen molar-refractivity contribution in [2.24, 2.45) is 0 Å². The number of carbonyl (C=O) groups excluding carboxylic acids is 1. The van der Waals surface area contributed by atoms with Crippen LogP contribution in [0.15, 0.2) is 35.5 Å². The van der Waals surface area contributed by atoms with Gasteiger partial charge in [-0.15, -0.1) is 5.10 Å². The summed E-state index contributed by atoms with van der Waals surface area (Å²) in [5.41, 5.74) is 0. The molecule has 1 aliphatic rings. The molecular weight excluding hydrogens is 342 g/mol. The van der Waals surface area contributed by atoms with E-state index in [0.29, 0.717) is 18.0 Å². The van der Waals surface area contributed by atoms with Crippen LogP contribution >= 0.6 is 11.6 Å². The zero-order valence-corrected chi connectivity index (χ0v) is 13.6. The Balaban J connectivity index is 1.69. The van der Waals surface area contributed by atoms with Gasteiger partial charge in [0.05, 0.1) is 10.1 Å². The van der Waals surface area contributed by atoms with Gasteiger partial charge in [-0.2, -0.15) is 0 Å². The van der Waals surface area contributed by atoms with Crippen molar-refractivity contribution in [3.8, 4) is 0 Å². The van der Waals surface area contributed by atoms with E-state index in [9.17, 15) is 13.2 Å². The number of likely N-dealkylation sites (tertiary alicyclic amines) is 1. The summed E-state index contributed by atoms with van der Waals surface area (Å²) in [4.78, 5) is 13.9. The average Bonchev–Trinajstić information content (AvgIpc) is 3.19. The van der Waals surface area contributed by atoms with E-state index < -0.39 is 15.1 Å². The molecule has 0 radical (unpaired) electrons. The van der Waals surface area contributed by atoms with Gasteiger partial charge in [0.1, 0.15) is 12.9 Å². The Morgan fingerprint density at radius 2 is 2.04 bits per heavy atom. The molecule has 1 amide bonds. The first-order valence-electron chi connectivity index (χ1n) is 6.95. The molecule has 1 aromatic carbocycles. The van der Waals surface area contributed by atoms with Gasteiger partial charge in [-0.25, -0.2) is 13.1 Å². The van der Waals surface area contributed by atoms with Crippen molar-refractivity contribution < 1.29 is 13.2 Å². The van der Waals surface area contributed by atoms with E-state index in [-0.39, 0.29) is 23.9 Å². The summed E-state index contributed by atoms with van der Waals surface area (Å²) in [7, 11) is -3.48. The quantitative estimate of drug-likeness (QED) is 0.787. The molecule has 1 unspecified atom stereocenters. The van der Waals surface area contributed by atoms with Gasteiger partial charge in [0.2, 0.25) is 5.91 Å². The summed E-state index contributed by atoms with van der Waals surface area (Å²) in [6, 6.07) is 6.07. The number of benzene rings is 1. The van der Waals surface area contributed by atoms with Crippen LogP contribution in [0.2, 0.25) is 5.02 Å². The molecule has 0 N–H and O–H groups in total. The molecule has 10 heteroatoms. The minimum absolute atomic E-state index is 0.000707. The van der Waals surface area contributed by atoms with Crippen molar-refractivity contribution in [2.45, 2.75) is 23.1 Å². The van der Waals surface area contributed by atoms with Gasteiger partial charge >= 0.3 is 0 Å². The normalized spacial score (nSPS) is 18.3. The molecule has 23 heavy (non-hydrogen) atoms. The summed E-state index contributed by atoms with van der Waals surface area (Å²) in [5.74, 6) is -0.203. The number of amides is 1. The molecule has 2 aromatic rings. The second-order valence-electron chi connectivity index (χ2n) is 5.26. The minimum atomic E-state index is -3.48. The molecule has 3 rings (SSSR count). The molecule has 1 aromatic heterocycles. The molecule has 0 bridgehead atoms. The van der Waals surface area contributed by atoms with Crippen LogP contribution in [0, 0.1) is 0 Å². The lowest BCUT2D eigenvalue weighted by Crippen LogP contribution is -2.34. The lowest BCUT2D eigenvalue weighted by molar-refractivity contribution is -0.130. The number of hydrogen-bond acceptors (Lipinski definition) is 6. The van der Waals surface area contributed by atoms with Crippen LogP contribution in [0.3, 0.4) is 0 Å². The maximum atomic E-state index is 12.6. The smallest absolute Gasteiger partial charge is 0.244 e. The Morgan fingerprint density at radius 3 is 2.70 bits per heavy atom. The Labute approximate surface area is 138 Å². The third kappa shape index (κ3) is 3.35. The number of halogens is 1. The van der Waals surface area contributed by atoms with Crippen LogP contribution in [0.4, 0.5) is 0 Å². The van der Waals surface area contributed by atoms with Gasteiger partial charge in [-0.1, -0.05) is 11.6 Å². The second-order valence-corrected chi connectivity index (χ2v) is 7.92. The lowest BCUT2D eigenvalue weighted by Gasteiger charge is -2.16. The fourth-order valence-corrected chi connectivity index (χ4v) is 4.33. The lowest BCUT2D eigenvalue weighted by atomic mass is 10.4. The fraction of sp³-hybridized carbons (Fsp3) is 0.385. The fourth-order valence-electron chi connectivity index (χ4n) is 2.52.